The quantitative estimate of drug-likeness (QED) is 0.184. The summed E-state index contributed by atoms with van der Waals surface area (Å²) in [7, 11) is 0. The van der Waals surface area contributed by atoms with E-state index in [4.69, 9.17) is 11.6 Å². The highest BCUT2D eigenvalue weighted by atomic mass is 79.9. The van der Waals surface area contributed by atoms with Crippen LogP contribution < -0.4 is 10.6 Å². The zero-order chi connectivity index (χ0) is 21.8. The summed E-state index contributed by atoms with van der Waals surface area (Å²) in [5.74, 6) is 0.877. The minimum atomic E-state index is -1.75. The summed E-state index contributed by atoms with van der Waals surface area (Å²) in [5.41, 5.74) is 0.143. The third kappa shape index (κ3) is 8.05. The van der Waals surface area contributed by atoms with Gasteiger partial charge in [-0.05, 0) is 34.0 Å². The molecule has 0 saturated carbocycles. The van der Waals surface area contributed by atoms with Crippen LogP contribution in [0.4, 0.5) is 19.0 Å². The van der Waals surface area contributed by atoms with Crippen molar-refractivity contribution in [3.05, 3.63) is 15.6 Å². The van der Waals surface area contributed by atoms with Gasteiger partial charge in [-0.15, -0.1) is 0 Å². The number of aliphatic hydroxyl groups is 1. The van der Waals surface area contributed by atoms with Crippen molar-refractivity contribution < 1.29 is 18.3 Å². The van der Waals surface area contributed by atoms with Crippen molar-refractivity contribution >= 4 is 56.0 Å². The zero-order valence-corrected chi connectivity index (χ0v) is 19.3. The molecule has 12 heteroatoms. The van der Waals surface area contributed by atoms with Gasteiger partial charge in [0.05, 0.1) is 5.39 Å². The molecule has 6 nitrogen and oxygen atoms in total. The Morgan fingerprint density at radius 2 is 1.90 bits per heavy atom. The van der Waals surface area contributed by atoms with Crippen LogP contribution in [0.2, 0.25) is 5.15 Å². The molecule has 0 amide bonds. The summed E-state index contributed by atoms with van der Waals surface area (Å²) in [5, 5.41) is 16.4. The fourth-order valence-corrected chi connectivity index (χ4v) is 3.72. The molecule has 0 bridgehead atoms. The average Bonchev–Trinajstić information content (AvgIpc) is 2.69. The highest BCUT2D eigenvalue weighted by molar-refractivity contribution is 9.10. The van der Waals surface area contributed by atoms with E-state index in [2.05, 4.69) is 41.5 Å². The van der Waals surface area contributed by atoms with Gasteiger partial charge in [0.15, 0.2) is 16.1 Å². The Bertz CT molecular complexity index is 774. The summed E-state index contributed by atoms with van der Waals surface area (Å²) in [4.78, 5) is 12.7. The number of rotatable bonds is 10. The van der Waals surface area contributed by atoms with Gasteiger partial charge >= 0.3 is 0 Å². The van der Waals surface area contributed by atoms with Gasteiger partial charge in [-0.3, -0.25) is 0 Å². The number of anilines is 1. The number of fused-ring (bicyclic) bond motifs is 1. The van der Waals surface area contributed by atoms with Crippen molar-refractivity contribution in [1.82, 2.24) is 20.3 Å². The van der Waals surface area contributed by atoms with E-state index in [9.17, 15) is 18.3 Å². The topological polar surface area (TPSA) is 83.0 Å². The molecule has 29 heavy (non-hydrogen) atoms. The van der Waals surface area contributed by atoms with Crippen LogP contribution in [0.25, 0.3) is 10.9 Å². The maximum atomic E-state index is 14.4. The Kier molecular flexibility index (Phi) is 12.8. The van der Waals surface area contributed by atoms with Crippen molar-refractivity contribution in [2.75, 3.05) is 44.2 Å². The highest BCUT2D eigenvalue weighted by Crippen LogP contribution is 2.33. The normalized spacial score (nSPS) is 11.9. The first-order valence-electron chi connectivity index (χ1n) is 8.95. The largest absolute Gasteiger partial charge is 0.396 e. The van der Waals surface area contributed by atoms with Crippen LogP contribution in [0.1, 0.15) is 20.3 Å². The van der Waals surface area contributed by atoms with Crippen LogP contribution >= 0.6 is 39.3 Å². The summed E-state index contributed by atoms with van der Waals surface area (Å²) in [6.07, 6.45) is 0.920. The summed E-state index contributed by atoms with van der Waals surface area (Å²) < 4.78 is 34.1. The molecule has 2 aromatic rings. The molecule has 0 radical (unpaired) electrons. The predicted molar refractivity (Wildman–Crippen MR) is 116 cm³/mol. The molecule has 0 spiro atoms. The van der Waals surface area contributed by atoms with E-state index in [1.165, 1.54) is 11.8 Å². The number of hydrogen-bond acceptors (Lipinski definition) is 7. The van der Waals surface area contributed by atoms with Gasteiger partial charge in [0, 0.05) is 26.2 Å². The lowest BCUT2D eigenvalue weighted by Crippen LogP contribution is -2.29. The molecule has 1 atom stereocenters. The molecule has 2 heterocycles. The molecule has 0 aromatic carbocycles. The molecular formula is C17H24BrClF3N5OS. The zero-order valence-electron chi connectivity index (χ0n) is 16.1. The van der Waals surface area contributed by atoms with E-state index in [1.807, 2.05) is 13.8 Å². The minimum Gasteiger partial charge on any atom is -0.396 e. The van der Waals surface area contributed by atoms with Crippen molar-refractivity contribution in [1.29, 1.82) is 0 Å². The second-order valence-electron chi connectivity index (χ2n) is 5.71. The first-order chi connectivity index (χ1) is 13.9. The second-order valence-corrected chi connectivity index (χ2v) is 8.05. The van der Waals surface area contributed by atoms with E-state index in [-0.39, 0.29) is 23.2 Å². The van der Waals surface area contributed by atoms with Crippen molar-refractivity contribution in [3.8, 4) is 0 Å². The van der Waals surface area contributed by atoms with E-state index >= 15 is 0 Å². The van der Waals surface area contributed by atoms with Crippen molar-refractivity contribution in [2.45, 2.75) is 25.4 Å². The molecule has 0 aliphatic rings. The third-order valence-corrected chi connectivity index (χ3v) is 5.37. The van der Waals surface area contributed by atoms with Crippen LogP contribution in [0, 0.1) is 11.7 Å². The number of nitrogens with one attached hydrogen (secondary N) is 2. The number of thioether (sulfide) groups is 1. The molecule has 0 saturated heterocycles. The molecule has 164 valence electrons. The minimum absolute atomic E-state index is 0.143. The van der Waals surface area contributed by atoms with Crippen LogP contribution in [-0.2, 0) is 0 Å². The molecule has 2 aromatic heterocycles. The first kappa shape index (κ1) is 26.2. The van der Waals surface area contributed by atoms with Gasteiger partial charge < -0.3 is 15.7 Å². The van der Waals surface area contributed by atoms with E-state index in [0.29, 0.717) is 34.1 Å². The number of aliphatic hydroxyl groups excluding tert-OH is 1. The lowest BCUT2D eigenvalue weighted by atomic mass is 10.1. The van der Waals surface area contributed by atoms with Crippen molar-refractivity contribution in [3.63, 3.8) is 0 Å². The van der Waals surface area contributed by atoms with Gasteiger partial charge in [0.1, 0.15) is 15.9 Å². The number of pyridine rings is 1. The number of nitrogens with zero attached hydrogens (tertiary/aromatic N) is 3. The molecule has 3 N–H and O–H groups in total. The van der Waals surface area contributed by atoms with Gasteiger partial charge in [-0.2, -0.15) is 0 Å². The standard InChI is InChI=1S/C16H22BrClFN5OS.CH2F2/c1-3-9(8-25)7-20-5-6-21-15-10-12(22-16(24-15)26-4-2)11(19)14(18)23-13(10)17;2-1-3/h9,20,25H,3-8H2,1-2H3,(H,21,22,24);1H2. The third-order valence-electron chi connectivity index (χ3n) is 3.82. The summed E-state index contributed by atoms with van der Waals surface area (Å²) in [6.45, 7) is 4.45. The molecule has 0 fully saturated rings. The van der Waals surface area contributed by atoms with E-state index < -0.39 is 12.7 Å². The summed E-state index contributed by atoms with van der Waals surface area (Å²) >= 11 is 10.6. The average molecular weight is 519 g/mol. The Morgan fingerprint density at radius 3 is 2.48 bits per heavy atom. The maximum absolute atomic E-state index is 14.4. The molecule has 1 unspecified atom stereocenters. The van der Waals surface area contributed by atoms with Gasteiger partial charge in [-0.1, -0.05) is 37.2 Å². The first-order valence-corrected chi connectivity index (χ1v) is 11.1. The highest BCUT2D eigenvalue weighted by Gasteiger charge is 2.18. The van der Waals surface area contributed by atoms with Crippen LogP contribution in [0.5, 0.6) is 0 Å². The number of halogens is 5. The van der Waals surface area contributed by atoms with Gasteiger partial charge in [0.2, 0.25) is 6.93 Å². The fourth-order valence-electron chi connectivity index (χ4n) is 2.32. The SMILES string of the molecule is CCSc1nc(NCCNCC(CC)CO)c2c(Br)nc(Cl)c(F)c2n1.FCF. The Morgan fingerprint density at radius 1 is 1.21 bits per heavy atom. The van der Waals surface area contributed by atoms with Crippen LogP contribution in [0.3, 0.4) is 0 Å². The van der Waals surface area contributed by atoms with Gasteiger partial charge in [0.25, 0.3) is 0 Å². The Hall–Kier alpha value is -0.880. The Labute approximate surface area is 185 Å². The fraction of sp³-hybridized carbons (Fsp3) is 0.588. The molecule has 2 rings (SSSR count). The Balaban J connectivity index is 0.00000132. The molecule has 0 aliphatic heterocycles. The maximum Gasteiger partial charge on any atom is 0.229 e. The van der Waals surface area contributed by atoms with Crippen LogP contribution in [0.15, 0.2) is 9.76 Å². The monoisotopic (exact) mass is 517 g/mol. The summed E-state index contributed by atoms with van der Waals surface area (Å²) in [6, 6.07) is 0. The van der Waals surface area contributed by atoms with E-state index in [1.54, 1.807) is 0 Å². The predicted octanol–water partition coefficient (Wildman–Crippen LogP) is 4.59. The lowest BCUT2D eigenvalue weighted by molar-refractivity contribution is 0.219. The van der Waals surface area contributed by atoms with E-state index in [0.717, 1.165) is 18.7 Å². The second kappa shape index (κ2) is 14.2. The van der Waals surface area contributed by atoms with Crippen LogP contribution in [-0.4, -0.2) is 59.0 Å². The smallest absolute Gasteiger partial charge is 0.229 e. The molecule has 0 aliphatic carbocycles. The van der Waals surface area contributed by atoms with Crippen molar-refractivity contribution in [2.24, 2.45) is 5.92 Å². The molecular weight excluding hydrogens is 495 g/mol. The number of aromatic nitrogens is 3. The lowest BCUT2D eigenvalue weighted by Gasteiger charge is -2.14. The number of hydrogen-bond donors (Lipinski definition) is 3. The number of alkyl halides is 2. The van der Waals surface area contributed by atoms with Gasteiger partial charge in [-0.25, -0.2) is 28.1 Å².